The van der Waals surface area contributed by atoms with Crippen molar-refractivity contribution in [2.24, 2.45) is 5.41 Å². The van der Waals surface area contributed by atoms with Crippen LogP contribution in [0, 0.1) is 5.41 Å². The third kappa shape index (κ3) is 2.97. The van der Waals surface area contributed by atoms with Crippen LogP contribution in [0.4, 0.5) is 0 Å². The van der Waals surface area contributed by atoms with E-state index in [1.165, 1.54) is 25.8 Å². The molecule has 21 heavy (non-hydrogen) atoms. The standard InChI is InChI=1S/C20H23P/c1-19(2,3)15-21-18-14-20(18,16-10-6-4-7-11-16)17-12-8-5-9-13-17/h4-13,15,18H,14H2,1-3H3. The van der Waals surface area contributed by atoms with Crippen molar-refractivity contribution >= 4 is 14.0 Å². The summed E-state index contributed by atoms with van der Waals surface area (Å²) in [4.78, 5) is 0. The van der Waals surface area contributed by atoms with Crippen LogP contribution in [0.2, 0.25) is 0 Å². The van der Waals surface area contributed by atoms with E-state index in [1.807, 2.05) is 0 Å². The summed E-state index contributed by atoms with van der Waals surface area (Å²) in [6.45, 7) is 6.86. The molecule has 0 heterocycles. The van der Waals surface area contributed by atoms with Gasteiger partial charge in [0.15, 0.2) is 0 Å². The van der Waals surface area contributed by atoms with Crippen LogP contribution in [-0.4, -0.2) is 11.5 Å². The van der Waals surface area contributed by atoms with Crippen molar-refractivity contribution in [3.63, 3.8) is 0 Å². The van der Waals surface area contributed by atoms with Crippen LogP contribution < -0.4 is 0 Å². The molecule has 1 atom stereocenters. The van der Waals surface area contributed by atoms with Crippen molar-refractivity contribution < 1.29 is 0 Å². The molecule has 0 radical (unpaired) electrons. The van der Waals surface area contributed by atoms with Crippen LogP contribution in [0.5, 0.6) is 0 Å². The Kier molecular flexibility index (Phi) is 3.76. The van der Waals surface area contributed by atoms with Crippen LogP contribution in [-0.2, 0) is 5.41 Å². The monoisotopic (exact) mass is 294 g/mol. The van der Waals surface area contributed by atoms with Crippen LogP contribution in [0.15, 0.2) is 60.7 Å². The van der Waals surface area contributed by atoms with E-state index in [9.17, 15) is 0 Å². The van der Waals surface area contributed by atoms with Crippen LogP contribution in [0.1, 0.15) is 38.3 Å². The second-order valence-corrected chi connectivity index (χ2v) is 8.25. The van der Waals surface area contributed by atoms with E-state index in [0.717, 1.165) is 0 Å². The van der Waals surface area contributed by atoms with Crippen molar-refractivity contribution in [1.82, 2.24) is 0 Å². The Labute approximate surface area is 130 Å². The van der Waals surface area contributed by atoms with Gasteiger partial charge in [-0.25, -0.2) is 0 Å². The Morgan fingerprint density at radius 2 is 1.38 bits per heavy atom. The maximum absolute atomic E-state index is 2.46. The summed E-state index contributed by atoms with van der Waals surface area (Å²) in [6.07, 6.45) is 1.26. The summed E-state index contributed by atoms with van der Waals surface area (Å²) in [6, 6.07) is 22.1. The highest BCUT2D eigenvalue weighted by atomic mass is 31.1. The van der Waals surface area contributed by atoms with Crippen molar-refractivity contribution in [3.8, 4) is 0 Å². The van der Waals surface area contributed by atoms with Gasteiger partial charge in [0.1, 0.15) is 0 Å². The van der Waals surface area contributed by atoms with Crippen molar-refractivity contribution in [2.75, 3.05) is 0 Å². The van der Waals surface area contributed by atoms with Gasteiger partial charge in [0.2, 0.25) is 0 Å². The van der Waals surface area contributed by atoms with Gasteiger partial charge in [-0.15, -0.1) is 8.20 Å². The first-order valence-electron chi connectivity index (χ1n) is 7.68. The van der Waals surface area contributed by atoms with Gasteiger partial charge in [0, 0.05) is 11.1 Å². The highest BCUT2D eigenvalue weighted by Crippen LogP contribution is 2.59. The number of benzene rings is 2. The van der Waals surface area contributed by atoms with Gasteiger partial charge >= 0.3 is 0 Å². The average molecular weight is 294 g/mol. The maximum Gasteiger partial charge on any atom is 0.0316 e. The third-order valence-corrected chi connectivity index (χ3v) is 6.05. The lowest BCUT2D eigenvalue weighted by molar-refractivity contribution is 0.614. The Bertz CT molecular complexity index is 580. The van der Waals surface area contributed by atoms with Gasteiger partial charge in [0.25, 0.3) is 0 Å². The Balaban J connectivity index is 1.98. The lowest BCUT2D eigenvalue weighted by Crippen LogP contribution is -2.13. The molecule has 0 aromatic heterocycles. The van der Waals surface area contributed by atoms with E-state index in [4.69, 9.17) is 0 Å². The number of hydrogen-bond donors (Lipinski definition) is 0. The molecule has 108 valence electrons. The zero-order valence-corrected chi connectivity index (χ0v) is 14.0. The summed E-state index contributed by atoms with van der Waals surface area (Å²) >= 11 is 0. The van der Waals surface area contributed by atoms with E-state index < -0.39 is 0 Å². The molecule has 0 saturated heterocycles. The molecule has 1 unspecified atom stereocenters. The molecular weight excluding hydrogens is 271 g/mol. The Morgan fingerprint density at radius 3 is 1.81 bits per heavy atom. The molecule has 0 nitrogen and oxygen atoms in total. The normalized spacial score (nSPS) is 20.6. The maximum atomic E-state index is 2.46. The summed E-state index contributed by atoms with van der Waals surface area (Å²) in [5.74, 6) is 2.46. The summed E-state index contributed by atoms with van der Waals surface area (Å²) < 4.78 is 0. The second-order valence-electron chi connectivity index (χ2n) is 7.07. The minimum atomic E-state index is 0.228. The lowest BCUT2D eigenvalue weighted by Gasteiger charge is -2.18. The molecule has 3 rings (SSSR count). The minimum absolute atomic E-state index is 0.228. The quantitative estimate of drug-likeness (QED) is 0.652. The molecule has 0 spiro atoms. The van der Waals surface area contributed by atoms with E-state index in [0.29, 0.717) is 11.1 Å². The first-order valence-corrected chi connectivity index (χ1v) is 8.71. The summed E-state index contributed by atoms with van der Waals surface area (Å²) in [7, 11) is 1.47. The van der Waals surface area contributed by atoms with Crippen molar-refractivity contribution in [2.45, 2.75) is 38.3 Å². The van der Waals surface area contributed by atoms with Gasteiger partial charge in [-0.1, -0.05) is 87.2 Å². The Morgan fingerprint density at radius 1 is 0.905 bits per heavy atom. The second kappa shape index (κ2) is 5.43. The predicted octanol–water partition coefficient (Wildman–Crippen LogP) is 5.54. The Hall–Kier alpha value is -1.39. The van der Waals surface area contributed by atoms with Gasteiger partial charge in [-0.05, 0) is 23.0 Å². The SMILES string of the molecule is CC(C)(C)C=PC1CC1(c1ccccc1)c1ccccc1. The van der Waals surface area contributed by atoms with E-state index in [-0.39, 0.29) is 5.41 Å². The molecule has 0 aliphatic heterocycles. The first-order chi connectivity index (χ1) is 10.0. The molecule has 1 heteroatoms. The first kappa shape index (κ1) is 14.5. The van der Waals surface area contributed by atoms with Gasteiger partial charge in [0.05, 0.1) is 0 Å². The topological polar surface area (TPSA) is 0 Å². The van der Waals surface area contributed by atoms with Gasteiger partial charge in [-0.3, -0.25) is 0 Å². The lowest BCUT2D eigenvalue weighted by atomic mass is 9.88. The predicted molar refractivity (Wildman–Crippen MR) is 94.5 cm³/mol. The van der Waals surface area contributed by atoms with Gasteiger partial charge in [-0.2, -0.15) is 0 Å². The highest BCUT2D eigenvalue weighted by Gasteiger charge is 2.55. The zero-order chi connectivity index (χ0) is 14.9. The van der Waals surface area contributed by atoms with E-state index >= 15 is 0 Å². The average Bonchev–Trinajstić information content (AvgIpc) is 3.22. The molecule has 0 amide bonds. The molecule has 0 bridgehead atoms. The van der Waals surface area contributed by atoms with Crippen molar-refractivity contribution in [1.29, 1.82) is 0 Å². The zero-order valence-electron chi connectivity index (χ0n) is 13.1. The van der Waals surface area contributed by atoms with Crippen molar-refractivity contribution in [3.05, 3.63) is 71.8 Å². The largest absolute Gasteiger partial charge is 0.104 e. The minimum Gasteiger partial charge on any atom is -0.104 e. The fourth-order valence-electron chi connectivity index (χ4n) is 3.00. The molecule has 0 N–H and O–H groups in total. The van der Waals surface area contributed by atoms with Crippen LogP contribution in [0.3, 0.4) is 0 Å². The smallest absolute Gasteiger partial charge is 0.0316 e. The molecule has 1 saturated carbocycles. The molecule has 2 aromatic rings. The molecule has 2 aromatic carbocycles. The van der Waals surface area contributed by atoms with Crippen LogP contribution in [0.25, 0.3) is 0 Å². The molecular formula is C20H23P. The highest BCUT2D eigenvalue weighted by molar-refractivity contribution is 7.40. The summed E-state index contributed by atoms with van der Waals surface area (Å²) in [5.41, 5.74) is 4.17. The molecule has 1 fully saturated rings. The summed E-state index contributed by atoms with van der Waals surface area (Å²) in [5, 5.41) is 0. The van der Waals surface area contributed by atoms with Gasteiger partial charge < -0.3 is 0 Å². The fourth-order valence-corrected chi connectivity index (χ4v) is 4.57. The number of hydrogen-bond acceptors (Lipinski definition) is 0. The molecule has 1 aliphatic carbocycles. The van der Waals surface area contributed by atoms with E-state index in [1.54, 1.807) is 0 Å². The third-order valence-electron chi connectivity index (χ3n) is 4.14. The fraction of sp³-hybridized carbons (Fsp3) is 0.350. The number of rotatable bonds is 3. The van der Waals surface area contributed by atoms with Crippen LogP contribution >= 0.6 is 8.20 Å². The molecule has 1 aliphatic rings. The van der Waals surface area contributed by atoms with E-state index in [2.05, 4.69) is 87.2 Å².